The van der Waals surface area contributed by atoms with Gasteiger partial charge in [0.1, 0.15) is 0 Å². The summed E-state index contributed by atoms with van der Waals surface area (Å²) in [7, 11) is 0. The fourth-order valence-corrected chi connectivity index (χ4v) is 1.77. The molecule has 0 saturated carbocycles. The van der Waals surface area contributed by atoms with Crippen molar-refractivity contribution in [1.29, 1.82) is 0 Å². The summed E-state index contributed by atoms with van der Waals surface area (Å²) >= 11 is 1.31. The van der Waals surface area contributed by atoms with Crippen LogP contribution in [0.5, 0.6) is 0 Å². The van der Waals surface area contributed by atoms with Crippen molar-refractivity contribution in [3.8, 4) is 0 Å². The normalized spacial score (nSPS) is 26.2. The molecule has 1 fully saturated rings. The van der Waals surface area contributed by atoms with E-state index in [2.05, 4.69) is 14.9 Å². The van der Waals surface area contributed by atoms with Crippen molar-refractivity contribution in [1.82, 2.24) is 14.9 Å². The lowest BCUT2D eigenvalue weighted by atomic mass is 9.75. The summed E-state index contributed by atoms with van der Waals surface area (Å²) in [6, 6.07) is 0.0451. The molecule has 2 heterocycles. The molecule has 2 rings (SSSR count). The Morgan fingerprint density at radius 1 is 1.67 bits per heavy atom. The molecule has 0 aromatic carbocycles. The third kappa shape index (κ3) is 0.859. The molecular weight excluding hydrogens is 174 g/mol. The third-order valence-electron chi connectivity index (χ3n) is 2.25. The van der Waals surface area contributed by atoms with Crippen LogP contribution in [0.1, 0.15) is 25.6 Å². The van der Waals surface area contributed by atoms with E-state index in [1.807, 2.05) is 19.2 Å². The minimum atomic E-state index is -0.324. The van der Waals surface area contributed by atoms with Gasteiger partial charge in [-0.15, -0.1) is 5.10 Å². The number of aromatic nitrogens is 2. The standard InChI is InChI=1S/C7H9N3OS/c1-7(2)5(8-6(7)11)4-3-12-10-9-4/h3,5H,1-2H3,(H,8,11). The smallest absolute Gasteiger partial charge is 0.228 e. The van der Waals surface area contributed by atoms with Crippen LogP contribution in [0, 0.1) is 5.41 Å². The van der Waals surface area contributed by atoms with Gasteiger partial charge in [-0.25, -0.2) is 0 Å². The third-order valence-corrected chi connectivity index (χ3v) is 2.78. The molecule has 1 N–H and O–H groups in total. The maximum Gasteiger partial charge on any atom is 0.228 e. The average Bonchev–Trinajstić information content (AvgIpc) is 2.51. The van der Waals surface area contributed by atoms with Gasteiger partial charge in [-0.05, 0) is 25.4 Å². The molecule has 5 heteroatoms. The molecule has 1 unspecified atom stereocenters. The van der Waals surface area contributed by atoms with Gasteiger partial charge in [-0.3, -0.25) is 4.79 Å². The van der Waals surface area contributed by atoms with E-state index in [4.69, 9.17) is 0 Å². The van der Waals surface area contributed by atoms with Crippen LogP contribution >= 0.6 is 11.5 Å². The first-order chi connectivity index (χ1) is 5.62. The predicted molar refractivity (Wildman–Crippen MR) is 44.6 cm³/mol. The van der Waals surface area contributed by atoms with E-state index in [9.17, 15) is 4.79 Å². The Kier molecular flexibility index (Phi) is 1.44. The van der Waals surface area contributed by atoms with Gasteiger partial charge in [0.15, 0.2) is 0 Å². The highest BCUT2D eigenvalue weighted by atomic mass is 32.1. The number of hydrogen-bond acceptors (Lipinski definition) is 4. The zero-order valence-electron chi connectivity index (χ0n) is 6.87. The second-order valence-corrected chi connectivity index (χ2v) is 4.07. The molecule has 0 spiro atoms. The first kappa shape index (κ1) is 7.67. The number of carbonyl (C=O) groups excluding carboxylic acids is 1. The highest BCUT2D eigenvalue weighted by Gasteiger charge is 2.49. The summed E-state index contributed by atoms with van der Waals surface area (Å²) in [5, 5.41) is 8.59. The SMILES string of the molecule is CC1(C)C(=O)NC1c1csnn1. The number of carbonyl (C=O) groups is 1. The summed E-state index contributed by atoms with van der Waals surface area (Å²) in [4.78, 5) is 11.1. The maximum absolute atomic E-state index is 11.1. The Balaban J connectivity index is 2.25. The zero-order chi connectivity index (χ0) is 8.77. The topological polar surface area (TPSA) is 54.9 Å². The minimum absolute atomic E-state index is 0.0451. The molecular formula is C7H9N3OS. The van der Waals surface area contributed by atoms with Crippen molar-refractivity contribution in [3.63, 3.8) is 0 Å². The van der Waals surface area contributed by atoms with Crippen molar-refractivity contribution in [3.05, 3.63) is 11.1 Å². The van der Waals surface area contributed by atoms with E-state index in [1.165, 1.54) is 11.5 Å². The maximum atomic E-state index is 11.1. The van der Waals surface area contributed by atoms with E-state index in [-0.39, 0.29) is 17.4 Å². The van der Waals surface area contributed by atoms with Crippen molar-refractivity contribution in [2.24, 2.45) is 5.41 Å². The summed E-state index contributed by atoms with van der Waals surface area (Å²) in [5.41, 5.74) is 0.542. The number of amides is 1. The lowest BCUT2D eigenvalue weighted by Gasteiger charge is -2.42. The van der Waals surface area contributed by atoms with E-state index in [0.29, 0.717) is 0 Å². The van der Waals surface area contributed by atoms with Crippen LogP contribution in [0.3, 0.4) is 0 Å². The van der Waals surface area contributed by atoms with Crippen molar-refractivity contribution >= 4 is 17.4 Å². The summed E-state index contributed by atoms with van der Waals surface area (Å²) in [6.07, 6.45) is 0. The Morgan fingerprint density at radius 3 is 2.83 bits per heavy atom. The number of nitrogens with zero attached hydrogens (tertiary/aromatic N) is 2. The second-order valence-electron chi connectivity index (χ2n) is 3.46. The van der Waals surface area contributed by atoms with Gasteiger partial charge in [0.25, 0.3) is 0 Å². The molecule has 0 bridgehead atoms. The molecule has 1 aromatic heterocycles. The van der Waals surface area contributed by atoms with E-state index >= 15 is 0 Å². The van der Waals surface area contributed by atoms with Crippen molar-refractivity contribution in [2.45, 2.75) is 19.9 Å². The van der Waals surface area contributed by atoms with Gasteiger partial charge in [0.2, 0.25) is 5.91 Å². The quantitative estimate of drug-likeness (QED) is 0.653. The van der Waals surface area contributed by atoms with Gasteiger partial charge in [-0.1, -0.05) is 4.49 Å². The molecule has 1 aromatic rings. The monoisotopic (exact) mass is 183 g/mol. The van der Waals surface area contributed by atoms with Crippen LogP contribution in [0.2, 0.25) is 0 Å². The summed E-state index contributed by atoms with van der Waals surface area (Å²) in [6.45, 7) is 3.83. The van der Waals surface area contributed by atoms with Crippen LogP contribution < -0.4 is 5.32 Å². The Bertz CT molecular complexity index is 306. The summed E-state index contributed by atoms with van der Waals surface area (Å²) < 4.78 is 3.76. The van der Waals surface area contributed by atoms with Crippen molar-refractivity contribution in [2.75, 3.05) is 0 Å². The van der Waals surface area contributed by atoms with Gasteiger partial charge in [0, 0.05) is 5.38 Å². The molecule has 1 saturated heterocycles. The van der Waals surface area contributed by atoms with E-state index in [1.54, 1.807) is 0 Å². The lowest BCUT2D eigenvalue weighted by Crippen LogP contribution is -2.58. The molecule has 1 aliphatic rings. The predicted octanol–water partition coefficient (Wildman–Crippen LogP) is 0.735. The van der Waals surface area contributed by atoms with Crippen LogP contribution in [0.4, 0.5) is 0 Å². The van der Waals surface area contributed by atoms with Crippen LogP contribution in [0.15, 0.2) is 5.38 Å². The fraction of sp³-hybridized carbons (Fsp3) is 0.571. The number of hydrogen-bond donors (Lipinski definition) is 1. The molecule has 1 amide bonds. The minimum Gasteiger partial charge on any atom is -0.346 e. The Labute approximate surface area is 74.2 Å². The zero-order valence-corrected chi connectivity index (χ0v) is 7.68. The van der Waals surface area contributed by atoms with Crippen molar-refractivity contribution < 1.29 is 4.79 Å². The molecule has 4 nitrogen and oxygen atoms in total. The second kappa shape index (κ2) is 2.26. The van der Waals surface area contributed by atoms with Gasteiger partial charge in [0.05, 0.1) is 17.2 Å². The fourth-order valence-electron chi connectivity index (χ4n) is 1.29. The summed E-state index contributed by atoms with van der Waals surface area (Å²) in [5.74, 6) is 0.0838. The first-order valence-corrected chi connectivity index (χ1v) is 4.54. The average molecular weight is 183 g/mol. The van der Waals surface area contributed by atoms with Crippen LogP contribution in [-0.4, -0.2) is 15.5 Å². The highest BCUT2D eigenvalue weighted by molar-refractivity contribution is 7.03. The van der Waals surface area contributed by atoms with Gasteiger partial charge >= 0.3 is 0 Å². The number of nitrogens with one attached hydrogen (secondary N) is 1. The lowest BCUT2D eigenvalue weighted by molar-refractivity contribution is -0.143. The number of rotatable bonds is 1. The molecule has 12 heavy (non-hydrogen) atoms. The van der Waals surface area contributed by atoms with Gasteiger partial charge < -0.3 is 5.32 Å². The molecule has 1 atom stereocenters. The highest BCUT2D eigenvalue weighted by Crippen LogP contribution is 2.40. The van der Waals surface area contributed by atoms with Gasteiger partial charge in [-0.2, -0.15) is 0 Å². The molecule has 0 aliphatic carbocycles. The molecule has 1 aliphatic heterocycles. The largest absolute Gasteiger partial charge is 0.346 e. The van der Waals surface area contributed by atoms with E-state index < -0.39 is 0 Å². The number of β-lactam (4-membered cyclic amide) rings is 1. The van der Waals surface area contributed by atoms with Crippen LogP contribution in [0.25, 0.3) is 0 Å². The molecule has 0 radical (unpaired) electrons. The Hall–Kier alpha value is -0.970. The van der Waals surface area contributed by atoms with E-state index in [0.717, 1.165) is 5.69 Å². The Morgan fingerprint density at radius 2 is 2.42 bits per heavy atom. The molecule has 64 valence electrons. The van der Waals surface area contributed by atoms with Crippen LogP contribution in [-0.2, 0) is 4.79 Å². The first-order valence-electron chi connectivity index (χ1n) is 3.70.